The third-order valence-corrected chi connectivity index (χ3v) is 5.67. The van der Waals surface area contributed by atoms with Gasteiger partial charge in [-0.05, 0) is 30.0 Å². The summed E-state index contributed by atoms with van der Waals surface area (Å²) in [7, 11) is 1.92. The molecule has 6 heteroatoms. The molecule has 0 saturated heterocycles. The fourth-order valence-electron chi connectivity index (χ4n) is 2.77. The minimum absolute atomic E-state index is 0.0576. The van der Waals surface area contributed by atoms with E-state index in [4.69, 9.17) is 0 Å². The van der Waals surface area contributed by atoms with Gasteiger partial charge in [-0.2, -0.15) is 0 Å². The number of hydrogen-bond donors (Lipinski definition) is 1. The van der Waals surface area contributed by atoms with Crippen molar-refractivity contribution >= 4 is 23.4 Å². The molecule has 1 heterocycles. The van der Waals surface area contributed by atoms with Crippen molar-refractivity contribution in [1.29, 1.82) is 0 Å². The van der Waals surface area contributed by atoms with Crippen LogP contribution in [0.1, 0.15) is 33.3 Å². The van der Waals surface area contributed by atoms with Crippen LogP contribution in [-0.2, 0) is 17.3 Å². The first-order valence-electron chi connectivity index (χ1n) is 9.28. The molecule has 0 spiro atoms. The van der Waals surface area contributed by atoms with Gasteiger partial charge in [0.2, 0.25) is 5.91 Å². The second kappa shape index (κ2) is 8.19. The number of amides is 1. The normalized spacial score (nSPS) is 12.6. The van der Waals surface area contributed by atoms with Gasteiger partial charge in [0, 0.05) is 18.3 Å². The lowest BCUT2D eigenvalue weighted by Gasteiger charge is -2.19. The number of rotatable bonds is 5. The molecule has 1 aromatic heterocycles. The van der Waals surface area contributed by atoms with Gasteiger partial charge in [0.25, 0.3) is 0 Å². The third kappa shape index (κ3) is 4.62. The Labute approximate surface area is 170 Å². The summed E-state index contributed by atoms with van der Waals surface area (Å²) in [6, 6.07) is 17.9. The van der Waals surface area contributed by atoms with Gasteiger partial charge in [0.1, 0.15) is 0 Å². The molecule has 1 amide bonds. The highest BCUT2D eigenvalue weighted by Gasteiger charge is 2.20. The Morgan fingerprint density at radius 2 is 1.68 bits per heavy atom. The summed E-state index contributed by atoms with van der Waals surface area (Å²) in [6.45, 7) is 8.39. The van der Waals surface area contributed by atoms with E-state index in [1.165, 1.54) is 17.3 Å². The molecule has 0 aliphatic carbocycles. The molecule has 3 aromatic rings. The van der Waals surface area contributed by atoms with Crippen molar-refractivity contribution in [3.63, 3.8) is 0 Å². The first-order chi connectivity index (χ1) is 13.3. The first kappa shape index (κ1) is 20.1. The maximum Gasteiger partial charge on any atom is 0.237 e. The summed E-state index contributed by atoms with van der Waals surface area (Å²) in [4.78, 5) is 12.6. The van der Waals surface area contributed by atoms with Gasteiger partial charge in [0.05, 0.1) is 5.25 Å². The van der Waals surface area contributed by atoms with E-state index >= 15 is 0 Å². The maximum absolute atomic E-state index is 12.6. The van der Waals surface area contributed by atoms with Crippen molar-refractivity contribution in [2.75, 3.05) is 5.32 Å². The van der Waals surface area contributed by atoms with Crippen LogP contribution in [0.25, 0.3) is 11.4 Å². The Balaban J connectivity index is 1.66. The van der Waals surface area contributed by atoms with Crippen LogP contribution >= 0.6 is 11.8 Å². The number of carbonyl (C=O) groups is 1. The summed E-state index contributed by atoms with van der Waals surface area (Å²) in [5.74, 6) is 0.728. The molecule has 1 N–H and O–H groups in total. The van der Waals surface area contributed by atoms with Crippen molar-refractivity contribution in [2.45, 2.75) is 43.5 Å². The fraction of sp³-hybridized carbons (Fsp3) is 0.318. The Hall–Kier alpha value is -2.60. The summed E-state index contributed by atoms with van der Waals surface area (Å²) < 4.78 is 1.92. The van der Waals surface area contributed by atoms with Crippen molar-refractivity contribution in [2.24, 2.45) is 7.05 Å². The summed E-state index contributed by atoms with van der Waals surface area (Å²) in [5, 5.41) is 11.9. The molecule has 0 aliphatic heterocycles. The molecular weight excluding hydrogens is 368 g/mol. The number of benzene rings is 2. The summed E-state index contributed by atoms with van der Waals surface area (Å²) >= 11 is 1.40. The van der Waals surface area contributed by atoms with Crippen LogP contribution in [-0.4, -0.2) is 25.9 Å². The van der Waals surface area contributed by atoms with Gasteiger partial charge < -0.3 is 9.88 Å². The Morgan fingerprint density at radius 1 is 1.04 bits per heavy atom. The van der Waals surface area contributed by atoms with E-state index in [-0.39, 0.29) is 16.6 Å². The number of hydrogen-bond acceptors (Lipinski definition) is 4. The number of aromatic nitrogens is 3. The van der Waals surface area contributed by atoms with E-state index in [1.54, 1.807) is 0 Å². The second-order valence-electron chi connectivity index (χ2n) is 7.81. The molecule has 146 valence electrons. The SMILES string of the molecule is CC(Sc1nnc(-c2ccccc2)n1C)C(=O)Nc1ccc(C(C)(C)C)cc1. The molecule has 0 radical (unpaired) electrons. The summed E-state index contributed by atoms with van der Waals surface area (Å²) in [5.41, 5.74) is 3.13. The van der Waals surface area contributed by atoms with Crippen LogP contribution in [0.2, 0.25) is 0 Å². The smallest absolute Gasteiger partial charge is 0.237 e. The van der Waals surface area contributed by atoms with Gasteiger partial charge in [-0.1, -0.05) is 75.0 Å². The Morgan fingerprint density at radius 3 is 2.29 bits per heavy atom. The fourth-order valence-corrected chi connectivity index (χ4v) is 3.58. The van der Waals surface area contributed by atoms with Gasteiger partial charge in [-0.25, -0.2) is 0 Å². The van der Waals surface area contributed by atoms with Crippen molar-refractivity contribution in [1.82, 2.24) is 14.8 Å². The predicted octanol–water partition coefficient (Wildman–Crippen LogP) is 4.90. The summed E-state index contributed by atoms with van der Waals surface area (Å²) in [6.07, 6.45) is 0. The van der Waals surface area contributed by atoms with Gasteiger partial charge >= 0.3 is 0 Å². The van der Waals surface area contributed by atoms with Crippen LogP contribution < -0.4 is 5.32 Å². The van der Waals surface area contributed by atoms with Crippen LogP contribution in [0.4, 0.5) is 5.69 Å². The van der Waals surface area contributed by atoms with Gasteiger partial charge in [0.15, 0.2) is 11.0 Å². The molecule has 28 heavy (non-hydrogen) atoms. The molecule has 0 aliphatic rings. The van der Waals surface area contributed by atoms with E-state index in [0.717, 1.165) is 17.1 Å². The molecular formula is C22H26N4OS. The molecule has 0 bridgehead atoms. The van der Waals surface area contributed by atoms with E-state index in [2.05, 4.69) is 48.4 Å². The number of thioether (sulfide) groups is 1. The van der Waals surface area contributed by atoms with Crippen LogP contribution in [0.3, 0.4) is 0 Å². The van der Waals surface area contributed by atoms with Crippen molar-refractivity contribution < 1.29 is 4.79 Å². The molecule has 3 rings (SSSR count). The lowest BCUT2D eigenvalue weighted by Crippen LogP contribution is -2.23. The molecule has 0 fully saturated rings. The maximum atomic E-state index is 12.6. The minimum Gasteiger partial charge on any atom is -0.325 e. The van der Waals surface area contributed by atoms with E-state index in [1.807, 2.05) is 61.0 Å². The van der Waals surface area contributed by atoms with Crippen LogP contribution in [0, 0.1) is 0 Å². The number of anilines is 1. The quantitative estimate of drug-likeness (QED) is 0.625. The third-order valence-electron chi connectivity index (χ3n) is 4.54. The average molecular weight is 395 g/mol. The highest BCUT2D eigenvalue weighted by molar-refractivity contribution is 8.00. The number of nitrogens with one attached hydrogen (secondary N) is 1. The Bertz CT molecular complexity index is 943. The highest BCUT2D eigenvalue weighted by Crippen LogP contribution is 2.27. The van der Waals surface area contributed by atoms with E-state index in [0.29, 0.717) is 5.16 Å². The minimum atomic E-state index is -0.297. The molecule has 2 aromatic carbocycles. The van der Waals surface area contributed by atoms with E-state index in [9.17, 15) is 4.79 Å². The molecule has 1 unspecified atom stereocenters. The van der Waals surface area contributed by atoms with Crippen LogP contribution in [0.15, 0.2) is 59.8 Å². The largest absolute Gasteiger partial charge is 0.325 e. The zero-order valence-electron chi connectivity index (χ0n) is 16.9. The van der Waals surface area contributed by atoms with Gasteiger partial charge in [-0.15, -0.1) is 10.2 Å². The standard InChI is InChI=1S/C22H26N4OS/c1-15(20(27)23-18-13-11-17(12-14-18)22(2,3)4)28-21-25-24-19(26(21)5)16-9-7-6-8-10-16/h6-15H,1-5H3,(H,23,27). The lowest BCUT2D eigenvalue weighted by molar-refractivity contribution is -0.115. The lowest BCUT2D eigenvalue weighted by atomic mass is 9.87. The zero-order chi connectivity index (χ0) is 20.3. The highest BCUT2D eigenvalue weighted by atomic mass is 32.2. The van der Waals surface area contributed by atoms with Crippen molar-refractivity contribution in [3.8, 4) is 11.4 Å². The van der Waals surface area contributed by atoms with Crippen molar-refractivity contribution in [3.05, 3.63) is 60.2 Å². The zero-order valence-corrected chi connectivity index (χ0v) is 17.7. The first-order valence-corrected chi connectivity index (χ1v) is 10.2. The van der Waals surface area contributed by atoms with Gasteiger partial charge in [-0.3, -0.25) is 4.79 Å². The molecule has 0 saturated carbocycles. The Kier molecular flexibility index (Phi) is 5.89. The second-order valence-corrected chi connectivity index (χ2v) is 9.12. The number of carbonyl (C=O) groups excluding carboxylic acids is 1. The number of nitrogens with zero attached hydrogens (tertiary/aromatic N) is 3. The molecule has 1 atom stereocenters. The topological polar surface area (TPSA) is 59.8 Å². The predicted molar refractivity (Wildman–Crippen MR) is 116 cm³/mol. The monoisotopic (exact) mass is 394 g/mol. The average Bonchev–Trinajstić information content (AvgIpc) is 3.02. The van der Waals surface area contributed by atoms with Crippen LogP contribution in [0.5, 0.6) is 0 Å². The van der Waals surface area contributed by atoms with E-state index < -0.39 is 0 Å². The molecule has 5 nitrogen and oxygen atoms in total.